The van der Waals surface area contributed by atoms with Crippen LogP contribution in [0.1, 0.15) is 36.5 Å². The molecule has 8 heteroatoms. The van der Waals surface area contributed by atoms with Gasteiger partial charge in [-0.3, -0.25) is 4.79 Å². The zero-order valence-corrected chi connectivity index (χ0v) is 12.8. The predicted octanol–water partition coefficient (Wildman–Crippen LogP) is 1.31. The SMILES string of the molecule is CC1CCCC1(NS(=O)(=O)c1ccc(C(=O)O)cc1)C(=O)O. The van der Waals surface area contributed by atoms with E-state index in [9.17, 15) is 23.1 Å². The van der Waals surface area contributed by atoms with Crippen LogP contribution in [0.15, 0.2) is 29.2 Å². The van der Waals surface area contributed by atoms with Gasteiger partial charge in [0.15, 0.2) is 0 Å². The fourth-order valence-electron chi connectivity index (χ4n) is 2.77. The van der Waals surface area contributed by atoms with Gasteiger partial charge in [-0.1, -0.05) is 13.3 Å². The number of benzene rings is 1. The molecule has 1 aromatic carbocycles. The maximum absolute atomic E-state index is 12.4. The van der Waals surface area contributed by atoms with Crippen molar-refractivity contribution in [1.82, 2.24) is 4.72 Å². The van der Waals surface area contributed by atoms with Crippen molar-refractivity contribution >= 4 is 22.0 Å². The highest BCUT2D eigenvalue weighted by Crippen LogP contribution is 2.37. The molecule has 1 saturated carbocycles. The molecular weight excluding hydrogens is 310 g/mol. The van der Waals surface area contributed by atoms with Crippen LogP contribution in [0.5, 0.6) is 0 Å². The summed E-state index contributed by atoms with van der Waals surface area (Å²) in [6, 6.07) is 4.65. The van der Waals surface area contributed by atoms with Crippen LogP contribution in [0.4, 0.5) is 0 Å². The van der Waals surface area contributed by atoms with Crippen LogP contribution in [-0.4, -0.2) is 36.1 Å². The first kappa shape index (κ1) is 16.4. The molecule has 2 atom stereocenters. The van der Waals surface area contributed by atoms with Crippen molar-refractivity contribution in [2.75, 3.05) is 0 Å². The highest BCUT2D eigenvalue weighted by atomic mass is 32.2. The van der Waals surface area contributed by atoms with Gasteiger partial charge < -0.3 is 10.2 Å². The van der Waals surface area contributed by atoms with Gasteiger partial charge in [0.2, 0.25) is 10.0 Å². The summed E-state index contributed by atoms with van der Waals surface area (Å²) in [4.78, 5) is 22.2. The average Bonchev–Trinajstić information content (AvgIpc) is 2.80. The zero-order valence-electron chi connectivity index (χ0n) is 11.9. The number of carbonyl (C=O) groups is 2. The van der Waals surface area contributed by atoms with Crippen LogP contribution in [-0.2, 0) is 14.8 Å². The Balaban J connectivity index is 2.34. The third-order valence-electron chi connectivity index (χ3n) is 4.16. The predicted molar refractivity (Wildman–Crippen MR) is 77.1 cm³/mol. The minimum Gasteiger partial charge on any atom is -0.480 e. The Morgan fingerprint density at radius 2 is 1.82 bits per heavy atom. The van der Waals surface area contributed by atoms with Crippen LogP contribution >= 0.6 is 0 Å². The molecule has 1 aliphatic rings. The number of rotatable bonds is 5. The number of sulfonamides is 1. The Labute approximate surface area is 128 Å². The first-order valence-electron chi connectivity index (χ1n) is 6.80. The summed E-state index contributed by atoms with van der Waals surface area (Å²) >= 11 is 0. The molecule has 1 fully saturated rings. The van der Waals surface area contributed by atoms with E-state index in [-0.39, 0.29) is 22.8 Å². The van der Waals surface area contributed by atoms with Crippen molar-refractivity contribution in [3.63, 3.8) is 0 Å². The average molecular weight is 327 g/mol. The van der Waals surface area contributed by atoms with E-state index in [1.807, 2.05) is 0 Å². The number of aromatic carboxylic acids is 1. The molecule has 0 radical (unpaired) electrons. The molecule has 2 rings (SSSR count). The lowest BCUT2D eigenvalue weighted by atomic mass is 9.90. The minimum absolute atomic E-state index is 0.0406. The van der Waals surface area contributed by atoms with Crippen LogP contribution in [0, 0.1) is 5.92 Å². The second-order valence-corrected chi connectivity index (χ2v) is 7.19. The lowest BCUT2D eigenvalue weighted by molar-refractivity contribution is -0.145. The van der Waals surface area contributed by atoms with Crippen LogP contribution in [0.2, 0.25) is 0 Å². The lowest BCUT2D eigenvalue weighted by Gasteiger charge is -2.29. The highest BCUT2D eigenvalue weighted by Gasteiger charge is 2.49. The van der Waals surface area contributed by atoms with Crippen molar-refractivity contribution in [2.24, 2.45) is 5.92 Å². The summed E-state index contributed by atoms with van der Waals surface area (Å²) < 4.78 is 27.1. The van der Waals surface area contributed by atoms with Gasteiger partial charge >= 0.3 is 11.9 Å². The highest BCUT2D eigenvalue weighted by molar-refractivity contribution is 7.89. The summed E-state index contributed by atoms with van der Waals surface area (Å²) in [6.07, 6.45) is 1.50. The Kier molecular flexibility index (Phi) is 4.25. The quantitative estimate of drug-likeness (QED) is 0.749. The number of carboxylic acids is 2. The maximum atomic E-state index is 12.4. The van der Waals surface area contributed by atoms with Crippen LogP contribution in [0.25, 0.3) is 0 Å². The van der Waals surface area contributed by atoms with Gasteiger partial charge in [-0.25, -0.2) is 13.2 Å². The fourth-order valence-corrected chi connectivity index (χ4v) is 4.25. The summed E-state index contributed by atoms with van der Waals surface area (Å²) in [5, 5.41) is 18.3. The summed E-state index contributed by atoms with van der Waals surface area (Å²) in [7, 11) is -4.05. The Hall–Kier alpha value is -1.93. The largest absolute Gasteiger partial charge is 0.480 e. The van der Waals surface area contributed by atoms with Crippen molar-refractivity contribution < 1.29 is 28.2 Å². The van der Waals surface area contributed by atoms with Gasteiger partial charge in [0.05, 0.1) is 10.5 Å². The van der Waals surface area contributed by atoms with Gasteiger partial charge in [-0.05, 0) is 43.0 Å². The fraction of sp³-hybridized carbons (Fsp3) is 0.429. The molecule has 7 nitrogen and oxygen atoms in total. The van der Waals surface area contributed by atoms with Crippen molar-refractivity contribution in [2.45, 2.75) is 36.6 Å². The second kappa shape index (κ2) is 5.69. The molecule has 0 aromatic heterocycles. The maximum Gasteiger partial charge on any atom is 0.335 e. The summed E-state index contributed by atoms with van der Waals surface area (Å²) in [5.41, 5.74) is -1.55. The molecule has 3 N–H and O–H groups in total. The third-order valence-corrected chi connectivity index (χ3v) is 5.68. The van der Waals surface area contributed by atoms with Crippen molar-refractivity contribution in [3.05, 3.63) is 29.8 Å². The van der Waals surface area contributed by atoms with Crippen molar-refractivity contribution in [1.29, 1.82) is 0 Å². The van der Waals surface area contributed by atoms with E-state index in [1.54, 1.807) is 6.92 Å². The molecule has 1 aromatic rings. The minimum atomic E-state index is -4.05. The van der Waals surface area contributed by atoms with Gasteiger partial charge in [-0.2, -0.15) is 4.72 Å². The van der Waals surface area contributed by atoms with Gasteiger partial charge in [0.1, 0.15) is 5.54 Å². The second-order valence-electron chi connectivity index (χ2n) is 5.50. The first-order valence-corrected chi connectivity index (χ1v) is 8.28. The molecule has 0 bridgehead atoms. The smallest absolute Gasteiger partial charge is 0.335 e. The zero-order chi connectivity index (χ0) is 16.5. The van der Waals surface area contributed by atoms with Crippen LogP contribution in [0.3, 0.4) is 0 Å². The van der Waals surface area contributed by atoms with E-state index in [0.29, 0.717) is 12.8 Å². The molecule has 22 heavy (non-hydrogen) atoms. The monoisotopic (exact) mass is 327 g/mol. The lowest BCUT2D eigenvalue weighted by Crippen LogP contribution is -2.56. The molecule has 1 aliphatic carbocycles. The van der Waals surface area contributed by atoms with E-state index in [2.05, 4.69) is 4.72 Å². The molecule has 0 aliphatic heterocycles. The number of nitrogens with one attached hydrogen (secondary N) is 1. The number of carboxylic acid groups (broad SMARTS) is 2. The summed E-state index contributed by atoms with van der Waals surface area (Å²) in [5.74, 6) is -2.68. The van der Waals surface area contributed by atoms with E-state index in [4.69, 9.17) is 5.11 Å². The van der Waals surface area contributed by atoms with E-state index in [0.717, 1.165) is 12.1 Å². The third kappa shape index (κ3) is 2.84. The summed E-state index contributed by atoms with van der Waals surface area (Å²) in [6.45, 7) is 1.71. The first-order chi connectivity index (χ1) is 10.2. The molecule has 0 spiro atoms. The number of aliphatic carboxylic acids is 1. The van der Waals surface area contributed by atoms with Gasteiger partial charge in [0.25, 0.3) is 0 Å². The molecule has 0 amide bonds. The molecule has 0 saturated heterocycles. The topological polar surface area (TPSA) is 121 Å². The molecule has 0 heterocycles. The Bertz CT molecular complexity index is 697. The standard InChI is InChI=1S/C14H17NO6S/c1-9-3-2-8-14(9,13(18)19)15-22(20,21)11-6-4-10(5-7-11)12(16)17/h4-7,9,15H,2-3,8H2,1H3,(H,16,17)(H,18,19). The van der Waals surface area contributed by atoms with Gasteiger partial charge in [-0.15, -0.1) is 0 Å². The molecule has 2 unspecified atom stereocenters. The molecular formula is C14H17NO6S. The van der Waals surface area contributed by atoms with E-state index in [1.165, 1.54) is 12.1 Å². The van der Waals surface area contributed by atoms with E-state index >= 15 is 0 Å². The number of hydrogen-bond acceptors (Lipinski definition) is 4. The number of hydrogen-bond donors (Lipinski definition) is 3. The Morgan fingerprint density at radius 1 is 1.23 bits per heavy atom. The van der Waals surface area contributed by atoms with Crippen LogP contribution < -0.4 is 4.72 Å². The van der Waals surface area contributed by atoms with Gasteiger partial charge in [0, 0.05) is 0 Å². The van der Waals surface area contributed by atoms with Crippen molar-refractivity contribution in [3.8, 4) is 0 Å². The van der Waals surface area contributed by atoms with E-state index < -0.39 is 27.5 Å². The Morgan fingerprint density at radius 3 is 2.23 bits per heavy atom. The molecule has 120 valence electrons. The normalized spacial score (nSPS) is 25.0.